The van der Waals surface area contributed by atoms with Gasteiger partial charge in [-0.2, -0.15) is 5.10 Å². The summed E-state index contributed by atoms with van der Waals surface area (Å²) in [6.07, 6.45) is 0.506. The van der Waals surface area contributed by atoms with Crippen LogP contribution < -0.4 is 10.2 Å². The van der Waals surface area contributed by atoms with E-state index in [2.05, 4.69) is 21.4 Å². The van der Waals surface area contributed by atoms with E-state index in [0.717, 1.165) is 16.6 Å². The maximum atomic E-state index is 12.7. The average molecular weight is 456 g/mol. The lowest BCUT2D eigenvalue weighted by Crippen LogP contribution is -2.61. The number of amides is 3. The molecule has 33 heavy (non-hydrogen) atoms. The van der Waals surface area contributed by atoms with Crippen molar-refractivity contribution in [3.8, 4) is 0 Å². The van der Waals surface area contributed by atoms with Gasteiger partial charge in [0.2, 0.25) is 11.8 Å². The number of benzene rings is 1. The molecule has 0 saturated carbocycles. The third-order valence-corrected chi connectivity index (χ3v) is 6.31. The van der Waals surface area contributed by atoms with Gasteiger partial charge in [0.15, 0.2) is 0 Å². The van der Waals surface area contributed by atoms with Crippen molar-refractivity contribution in [3.63, 3.8) is 0 Å². The maximum Gasteiger partial charge on any atom is 0.410 e. The summed E-state index contributed by atoms with van der Waals surface area (Å²) in [4.78, 5) is 40.7. The lowest BCUT2D eigenvalue weighted by Gasteiger charge is -2.47. The van der Waals surface area contributed by atoms with Gasteiger partial charge in [-0.25, -0.2) is 4.79 Å². The number of piperazine rings is 1. The molecule has 0 aliphatic carbocycles. The zero-order chi connectivity index (χ0) is 24.1. The molecule has 3 amide bonds. The fourth-order valence-electron chi connectivity index (χ4n) is 4.71. The first-order valence-corrected chi connectivity index (χ1v) is 11.4. The molecule has 1 N–H and O–H groups in total. The Hall–Kier alpha value is -3.10. The molecule has 2 saturated heterocycles. The molecule has 2 aliphatic rings. The van der Waals surface area contributed by atoms with Crippen LogP contribution in [0.3, 0.4) is 0 Å². The first-order chi connectivity index (χ1) is 15.4. The molecular formula is C24H33N5O4. The van der Waals surface area contributed by atoms with Crippen molar-refractivity contribution < 1.29 is 19.1 Å². The topological polar surface area (TPSA) is 96.8 Å². The van der Waals surface area contributed by atoms with E-state index in [4.69, 9.17) is 4.74 Å². The highest BCUT2D eigenvalue weighted by Crippen LogP contribution is 2.34. The van der Waals surface area contributed by atoms with Crippen molar-refractivity contribution in [2.75, 3.05) is 24.5 Å². The van der Waals surface area contributed by atoms with Gasteiger partial charge in [-0.1, -0.05) is 0 Å². The van der Waals surface area contributed by atoms with E-state index < -0.39 is 17.1 Å². The fraction of sp³-hybridized carbons (Fsp3) is 0.583. The van der Waals surface area contributed by atoms with Gasteiger partial charge in [0.25, 0.3) is 0 Å². The molecular weight excluding hydrogens is 422 g/mol. The number of anilines is 1. The molecule has 4 rings (SSSR count). The molecule has 2 fully saturated rings. The number of ether oxygens (including phenoxy) is 1. The van der Waals surface area contributed by atoms with Gasteiger partial charge < -0.3 is 9.64 Å². The van der Waals surface area contributed by atoms with Crippen molar-refractivity contribution in [1.29, 1.82) is 0 Å². The Labute approximate surface area is 194 Å². The predicted octanol–water partition coefficient (Wildman–Crippen LogP) is 2.93. The second kappa shape index (κ2) is 8.04. The minimum atomic E-state index is -0.533. The van der Waals surface area contributed by atoms with Crippen LogP contribution in [-0.4, -0.2) is 63.4 Å². The number of hydrogen-bond acceptors (Lipinski definition) is 6. The number of nitrogens with zero attached hydrogens (tertiary/aromatic N) is 4. The van der Waals surface area contributed by atoms with Crippen LogP contribution in [0.1, 0.15) is 59.1 Å². The molecule has 1 aromatic heterocycles. The molecule has 1 unspecified atom stereocenters. The average Bonchev–Trinajstić information content (AvgIpc) is 3.01. The number of aromatic nitrogens is 2. The van der Waals surface area contributed by atoms with Crippen LogP contribution in [0.15, 0.2) is 18.2 Å². The smallest absolute Gasteiger partial charge is 0.410 e. The largest absolute Gasteiger partial charge is 0.444 e. The van der Waals surface area contributed by atoms with Crippen molar-refractivity contribution in [2.45, 2.75) is 64.5 Å². The number of carbonyl (C=O) groups excluding carboxylic acids is 3. The Balaban J connectivity index is 1.56. The molecule has 178 valence electrons. The molecule has 9 nitrogen and oxygen atoms in total. The van der Waals surface area contributed by atoms with Crippen LogP contribution in [0.2, 0.25) is 0 Å². The lowest BCUT2D eigenvalue weighted by atomic mass is 9.92. The predicted molar refractivity (Wildman–Crippen MR) is 125 cm³/mol. The number of carbonyl (C=O) groups is 3. The van der Waals surface area contributed by atoms with Gasteiger partial charge in [-0.3, -0.25) is 24.5 Å². The van der Waals surface area contributed by atoms with Gasteiger partial charge in [-0.15, -0.1) is 0 Å². The molecule has 2 aromatic rings. The van der Waals surface area contributed by atoms with Gasteiger partial charge in [0.1, 0.15) is 5.60 Å². The maximum absolute atomic E-state index is 12.7. The Morgan fingerprint density at radius 2 is 1.94 bits per heavy atom. The Bertz CT molecular complexity index is 1110. The van der Waals surface area contributed by atoms with Crippen molar-refractivity contribution >= 4 is 34.5 Å². The highest BCUT2D eigenvalue weighted by Gasteiger charge is 2.39. The standard InChI is InChI=1S/C24H33N5O4/c1-23(2,3)33-22(32)29-12-11-28(14-24(29,4)5)15-7-8-16-18(13-15)27(6)26-20(16)17-9-10-19(30)25-21(17)31/h7-8,13,17H,9-12,14H2,1-6H3,(H,25,30,31). The lowest BCUT2D eigenvalue weighted by molar-refractivity contribution is -0.134. The first-order valence-electron chi connectivity index (χ1n) is 11.4. The third kappa shape index (κ3) is 4.54. The summed E-state index contributed by atoms with van der Waals surface area (Å²) in [6.45, 7) is 11.6. The molecule has 1 atom stereocenters. The number of fused-ring (bicyclic) bond motifs is 1. The molecule has 2 aliphatic heterocycles. The van der Waals surface area contributed by atoms with Crippen molar-refractivity contribution in [3.05, 3.63) is 23.9 Å². The van der Waals surface area contributed by atoms with E-state index in [0.29, 0.717) is 38.2 Å². The molecule has 0 bridgehead atoms. The monoisotopic (exact) mass is 455 g/mol. The van der Waals surface area contributed by atoms with Gasteiger partial charge >= 0.3 is 6.09 Å². The summed E-state index contributed by atoms with van der Waals surface area (Å²) in [5.74, 6) is -0.934. The zero-order valence-electron chi connectivity index (χ0n) is 20.3. The van der Waals surface area contributed by atoms with Gasteiger partial charge in [0, 0.05) is 44.2 Å². The van der Waals surface area contributed by atoms with Crippen LogP contribution in [0.25, 0.3) is 10.9 Å². The van der Waals surface area contributed by atoms with Crippen LogP contribution in [-0.2, 0) is 21.4 Å². The first kappa shape index (κ1) is 23.1. The van der Waals surface area contributed by atoms with Crippen LogP contribution in [0.5, 0.6) is 0 Å². The number of nitrogens with one attached hydrogen (secondary N) is 1. The Morgan fingerprint density at radius 1 is 1.21 bits per heavy atom. The quantitative estimate of drug-likeness (QED) is 0.700. The van der Waals surface area contributed by atoms with Crippen LogP contribution >= 0.6 is 0 Å². The van der Waals surface area contributed by atoms with E-state index in [-0.39, 0.29) is 17.9 Å². The summed E-state index contributed by atoms with van der Waals surface area (Å²) in [7, 11) is 1.87. The number of imide groups is 1. The minimum absolute atomic E-state index is 0.230. The van der Waals surface area contributed by atoms with E-state index in [1.165, 1.54) is 0 Å². The summed E-state index contributed by atoms with van der Waals surface area (Å²) in [5, 5.41) is 7.97. The highest BCUT2D eigenvalue weighted by molar-refractivity contribution is 6.02. The summed E-state index contributed by atoms with van der Waals surface area (Å²) < 4.78 is 7.40. The Morgan fingerprint density at radius 3 is 2.58 bits per heavy atom. The van der Waals surface area contributed by atoms with Gasteiger partial charge in [0.05, 0.1) is 22.7 Å². The van der Waals surface area contributed by atoms with Gasteiger partial charge in [-0.05, 0) is 59.2 Å². The number of rotatable bonds is 2. The summed E-state index contributed by atoms with van der Waals surface area (Å²) in [5.41, 5.74) is 1.74. The second-order valence-electron chi connectivity index (χ2n) is 10.6. The second-order valence-corrected chi connectivity index (χ2v) is 10.6. The van der Waals surface area contributed by atoms with Crippen molar-refractivity contribution in [1.82, 2.24) is 20.0 Å². The highest BCUT2D eigenvalue weighted by atomic mass is 16.6. The van der Waals surface area contributed by atoms with Crippen LogP contribution in [0, 0.1) is 0 Å². The molecule has 1 aromatic carbocycles. The number of aryl methyl sites for hydroxylation is 1. The van der Waals surface area contributed by atoms with Crippen LogP contribution in [0.4, 0.5) is 10.5 Å². The van der Waals surface area contributed by atoms with E-state index >= 15 is 0 Å². The zero-order valence-corrected chi connectivity index (χ0v) is 20.3. The summed E-state index contributed by atoms with van der Waals surface area (Å²) >= 11 is 0. The van der Waals surface area contributed by atoms with E-state index in [9.17, 15) is 14.4 Å². The molecule has 3 heterocycles. The summed E-state index contributed by atoms with van der Waals surface area (Å²) in [6, 6.07) is 6.12. The van der Waals surface area contributed by atoms with E-state index in [1.54, 1.807) is 9.58 Å². The fourth-order valence-corrected chi connectivity index (χ4v) is 4.71. The normalized spacial score (nSPS) is 21.3. The van der Waals surface area contributed by atoms with E-state index in [1.807, 2.05) is 53.8 Å². The molecule has 0 spiro atoms. The minimum Gasteiger partial charge on any atom is -0.444 e. The third-order valence-electron chi connectivity index (χ3n) is 6.31. The molecule has 9 heteroatoms. The SMILES string of the molecule is Cn1nc(C2CCC(=O)NC2=O)c2ccc(N3CCN(C(=O)OC(C)(C)C)C(C)(C)C3)cc21. The number of hydrogen-bond donors (Lipinski definition) is 1. The Kier molecular flexibility index (Phi) is 5.62. The molecule has 0 radical (unpaired) electrons. The van der Waals surface area contributed by atoms with Crippen molar-refractivity contribution in [2.24, 2.45) is 7.05 Å². The number of piperidine rings is 1.